The van der Waals surface area contributed by atoms with E-state index in [-0.39, 0.29) is 52.6 Å². The lowest BCUT2D eigenvalue weighted by Crippen LogP contribution is -2.42. The molecule has 0 spiro atoms. The lowest BCUT2D eigenvalue weighted by atomic mass is 9.68. The summed E-state index contributed by atoms with van der Waals surface area (Å²) in [7, 11) is 0. The van der Waals surface area contributed by atoms with Crippen molar-refractivity contribution in [2.75, 3.05) is 4.90 Å². The van der Waals surface area contributed by atoms with E-state index >= 15 is 0 Å². The van der Waals surface area contributed by atoms with E-state index in [1.165, 1.54) is 9.78 Å². The molecule has 2 amide bonds. The van der Waals surface area contributed by atoms with Gasteiger partial charge in [0.1, 0.15) is 0 Å². The number of aromatic nitrogens is 1. The molecule has 9 heteroatoms. The fraction of sp³-hybridized carbons (Fsp3) is 0.346. The number of anilines is 1. The predicted molar refractivity (Wildman–Crippen MR) is 143 cm³/mol. The minimum atomic E-state index is -0.287. The molecule has 3 fully saturated rings. The third-order valence-electron chi connectivity index (χ3n) is 8.33. The van der Waals surface area contributed by atoms with E-state index in [9.17, 15) is 9.59 Å². The topological polar surface area (TPSA) is 53.2 Å². The molecular weight excluding hydrogens is 539 g/mol. The van der Waals surface area contributed by atoms with Crippen molar-refractivity contribution in [1.29, 1.82) is 0 Å². The highest BCUT2D eigenvalue weighted by Gasteiger charge is 2.69. The molecule has 2 aromatic carbocycles. The number of amides is 2. The number of nitrogens with one attached hydrogen (secondary N) is 1. The zero-order chi connectivity index (χ0) is 24.2. The second-order valence-electron chi connectivity index (χ2n) is 9.95. The van der Waals surface area contributed by atoms with Crippen molar-refractivity contribution in [1.82, 2.24) is 4.98 Å². The van der Waals surface area contributed by atoms with Gasteiger partial charge < -0.3 is 4.98 Å². The van der Waals surface area contributed by atoms with Gasteiger partial charge in [-0.1, -0.05) is 53.0 Å². The van der Waals surface area contributed by atoms with Crippen LogP contribution in [0, 0.1) is 40.5 Å². The monoisotopic (exact) mass is 558 g/mol. The summed E-state index contributed by atoms with van der Waals surface area (Å²) in [6.07, 6.45) is 0.890. The standard InChI is InChI=1S/C26H20Cl2N2O2S3/c1-10-5-7-11(8-6-10)30-24(31)18-13-9-14(19(18)25(30)32)21-17(13)16(12-3-2-4-15(27)20(12)28)22-23(34-21)29-26(33)35-22/h2-8,13-14,16-19,21H,9H2,1H3,(H,29,33). The van der Waals surface area contributed by atoms with Gasteiger partial charge in [-0.2, -0.15) is 0 Å². The third kappa shape index (κ3) is 3.08. The minimum Gasteiger partial charge on any atom is -0.332 e. The molecule has 178 valence electrons. The van der Waals surface area contributed by atoms with Crippen molar-refractivity contribution in [3.05, 3.63) is 72.5 Å². The Balaban J connectivity index is 1.35. The molecule has 4 aliphatic rings. The van der Waals surface area contributed by atoms with Crippen molar-refractivity contribution in [2.24, 2.45) is 29.6 Å². The molecule has 2 saturated carbocycles. The van der Waals surface area contributed by atoms with Gasteiger partial charge >= 0.3 is 0 Å². The number of H-pyrrole nitrogens is 1. The van der Waals surface area contributed by atoms with Crippen molar-refractivity contribution < 1.29 is 9.59 Å². The summed E-state index contributed by atoms with van der Waals surface area (Å²) in [5.41, 5.74) is 2.75. The van der Waals surface area contributed by atoms with Gasteiger partial charge in [0.2, 0.25) is 11.8 Å². The van der Waals surface area contributed by atoms with Crippen LogP contribution in [0.2, 0.25) is 10.0 Å². The first-order valence-corrected chi connectivity index (χ1v) is 14.5. The molecule has 4 nitrogen and oxygen atoms in total. The first-order chi connectivity index (χ1) is 16.8. The summed E-state index contributed by atoms with van der Waals surface area (Å²) in [5.74, 6) is -0.218. The van der Waals surface area contributed by atoms with E-state index in [2.05, 4.69) is 4.98 Å². The molecule has 35 heavy (non-hydrogen) atoms. The van der Waals surface area contributed by atoms with Crippen LogP contribution in [-0.4, -0.2) is 22.0 Å². The highest BCUT2D eigenvalue weighted by molar-refractivity contribution is 8.00. The molecular formula is C26H20Cl2N2O2S3. The van der Waals surface area contributed by atoms with Crippen LogP contribution in [0.1, 0.15) is 28.3 Å². The number of aromatic amines is 1. The molecule has 2 bridgehead atoms. The Morgan fingerprint density at radius 1 is 1.03 bits per heavy atom. The highest BCUT2D eigenvalue weighted by atomic mass is 35.5. The predicted octanol–water partition coefficient (Wildman–Crippen LogP) is 7.10. The molecule has 1 N–H and O–H groups in total. The molecule has 1 aromatic heterocycles. The third-order valence-corrected chi connectivity index (χ3v) is 12.1. The fourth-order valence-electron chi connectivity index (χ4n) is 7.07. The average Bonchev–Trinajstić information content (AvgIpc) is 3.56. The van der Waals surface area contributed by atoms with Crippen LogP contribution >= 0.6 is 58.5 Å². The highest BCUT2D eigenvalue weighted by Crippen LogP contribution is 2.69. The summed E-state index contributed by atoms with van der Waals surface area (Å²) in [4.78, 5) is 33.5. The van der Waals surface area contributed by atoms with E-state index < -0.39 is 0 Å². The Hall–Kier alpha value is -1.64. The molecule has 3 aromatic rings. The van der Waals surface area contributed by atoms with E-state index in [0.29, 0.717) is 15.7 Å². The number of benzene rings is 2. The molecule has 7 rings (SSSR count). The molecule has 3 heterocycles. The number of thiazole rings is 1. The summed E-state index contributed by atoms with van der Waals surface area (Å²) in [6, 6.07) is 13.4. The number of fused-ring (bicyclic) bond motifs is 9. The average molecular weight is 560 g/mol. The first kappa shape index (κ1) is 22.5. The molecule has 2 aliphatic carbocycles. The van der Waals surface area contributed by atoms with E-state index in [0.717, 1.165) is 26.5 Å². The van der Waals surface area contributed by atoms with Crippen LogP contribution in [0.3, 0.4) is 0 Å². The van der Waals surface area contributed by atoms with Crippen LogP contribution in [-0.2, 0) is 9.59 Å². The first-order valence-electron chi connectivity index (χ1n) is 11.6. The maximum absolute atomic E-state index is 13.8. The number of nitrogens with zero attached hydrogens (tertiary/aromatic N) is 1. The fourth-order valence-corrected chi connectivity index (χ4v) is 10.8. The Kier molecular flexibility index (Phi) is 5.11. The second-order valence-corrected chi connectivity index (χ2v) is 13.6. The van der Waals surface area contributed by atoms with Gasteiger partial charge in [-0.15, -0.1) is 23.1 Å². The molecule has 1 saturated heterocycles. The van der Waals surface area contributed by atoms with Crippen LogP contribution < -0.4 is 4.90 Å². The molecule has 7 unspecified atom stereocenters. The second kappa shape index (κ2) is 7.93. The Morgan fingerprint density at radius 2 is 1.74 bits per heavy atom. The van der Waals surface area contributed by atoms with E-state index in [1.54, 1.807) is 29.2 Å². The van der Waals surface area contributed by atoms with Gasteiger partial charge in [-0.25, -0.2) is 0 Å². The zero-order valence-corrected chi connectivity index (χ0v) is 22.5. The summed E-state index contributed by atoms with van der Waals surface area (Å²) in [6.45, 7) is 2.00. The quantitative estimate of drug-likeness (QED) is 0.269. The lowest BCUT2D eigenvalue weighted by Gasteiger charge is -2.43. The number of imide groups is 1. The van der Waals surface area contributed by atoms with Gasteiger partial charge in [0.25, 0.3) is 0 Å². The summed E-state index contributed by atoms with van der Waals surface area (Å²) in [5, 5.41) is 2.37. The van der Waals surface area contributed by atoms with Crippen molar-refractivity contribution in [3.8, 4) is 0 Å². The van der Waals surface area contributed by atoms with Gasteiger partial charge in [0.15, 0.2) is 3.95 Å². The van der Waals surface area contributed by atoms with Crippen LogP contribution in [0.25, 0.3) is 0 Å². The van der Waals surface area contributed by atoms with Gasteiger partial charge in [-0.3, -0.25) is 14.5 Å². The maximum Gasteiger partial charge on any atom is 0.238 e. The van der Waals surface area contributed by atoms with Gasteiger partial charge in [0.05, 0.1) is 32.6 Å². The Labute approximate surface area is 226 Å². The number of thioether (sulfide) groups is 1. The van der Waals surface area contributed by atoms with Gasteiger partial charge in [0, 0.05) is 16.0 Å². The van der Waals surface area contributed by atoms with Crippen molar-refractivity contribution in [2.45, 2.75) is 29.5 Å². The largest absolute Gasteiger partial charge is 0.332 e. The van der Waals surface area contributed by atoms with Crippen LogP contribution in [0.5, 0.6) is 0 Å². The molecule has 2 aliphatic heterocycles. The van der Waals surface area contributed by atoms with Crippen molar-refractivity contribution in [3.63, 3.8) is 0 Å². The SMILES string of the molecule is Cc1ccc(N2C(=O)C3C4CC(C3C2=O)C2C(c3cccc(Cl)c3Cl)c3sc(=S)[nH]c3SC42)cc1. The number of halogens is 2. The van der Waals surface area contributed by atoms with Crippen molar-refractivity contribution >= 4 is 76.0 Å². The Morgan fingerprint density at radius 3 is 2.49 bits per heavy atom. The molecule has 0 radical (unpaired) electrons. The number of carbonyl (C=O) groups excluding carboxylic acids is 2. The molecule has 7 atom stereocenters. The number of hydrogen-bond donors (Lipinski definition) is 1. The summed E-state index contributed by atoms with van der Waals surface area (Å²) < 4.78 is 0.732. The van der Waals surface area contributed by atoms with E-state index in [4.69, 9.17) is 35.4 Å². The van der Waals surface area contributed by atoms with E-state index in [1.807, 2.05) is 43.3 Å². The number of aryl methyl sites for hydroxylation is 1. The van der Waals surface area contributed by atoms with Gasteiger partial charge in [-0.05, 0) is 67.1 Å². The minimum absolute atomic E-state index is 0.00678. The van der Waals surface area contributed by atoms with Crippen LogP contribution in [0.15, 0.2) is 47.5 Å². The number of carbonyl (C=O) groups is 2. The smallest absolute Gasteiger partial charge is 0.238 e. The number of rotatable bonds is 2. The normalized spacial score (nSPS) is 32.7. The number of hydrogen-bond acceptors (Lipinski definition) is 5. The Bertz CT molecular complexity index is 1470. The summed E-state index contributed by atoms with van der Waals surface area (Å²) >= 11 is 22.1. The van der Waals surface area contributed by atoms with Crippen LogP contribution in [0.4, 0.5) is 5.69 Å². The maximum atomic E-state index is 13.8. The lowest BCUT2D eigenvalue weighted by molar-refractivity contribution is -0.123. The zero-order valence-electron chi connectivity index (χ0n) is 18.5.